The first kappa shape index (κ1) is 17.7. The summed E-state index contributed by atoms with van der Waals surface area (Å²) < 4.78 is 38.8. The SMILES string of the molecule is Cc1ccc(-c2nn(-c3ccccc3)cc2C(=O)NCC(F)(F)F)cc1. The number of nitrogens with zero attached hydrogens (tertiary/aromatic N) is 2. The predicted octanol–water partition coefficient (Wildman–Crippen LogP) is 4.14. The number of amides is 1. The molecule has 0 aliphatic heterocycles. The zero-order chi connectivity index (χ0) is 18.7. The summed E-state index contributed by atoms with van der Waals surface area (Å²) in [6, 6.07) is 16.3. The number of alkyl halides is 3. The van der Waals surface area contributed by atoms with Gasteiger partial charge in [-0.3, -0.25) is 4.79 Å². The molecule has 1 N–H and O–H groups in total. The third kappa shape index (κ3) is 4.11. The molecule has 1 aromatic heterocycles. The fourth-order valence-corrected chi connectivity index (χ4v) is 2.45. The van der Waals surface area contributed by atoms with E-state index in [2.05, 4.69) is 5.10 Å². The van der Waals surface area contributed by atoms with E-state index in [1.165, 1.54) is 10.9 Å². The minimum atomic E-state index is -4.48. The van der Waals surface area contributed by atoms with Crippen molar-refractivity contribution in [3.8, 4) is 16.9 Å². The molecule has 0 saturated carbocycles. The number of benzene rings is 2. The van der Waals surface area contributed by atoms with E-state index in [4.69, 9.17) is 0 Å². The first-order valence-corrected chi connectivity index (χ1v) is 7.90. The van der Waals surface area contributed by atoms with Gasteiger partial charge in [0.1, 0.15) is 12.2 Å². The summed E-state index contributed by atoms with van der Waals surface area (Å²) in [5.74, 6) is -0.819. The van der Waals surface area contributed by atoms with Crippen molar-refractivity contribution in [2.24, 2.45) is 0 Å². The first-order chi connectivity index (χ1) is 12.3. The average molecular weight is 359 g/mol. The Balaban J connectivity index is 2.01. The van der Waals surface area contributed by atoms with Crippen LogP contribution >= 0.6 is 0 Å². The number of hydrogen-bond acceptors (Lipinski definition) is 2. The van der Waals surface area contributed by atoms with Gasteiger partial charge in [0.15, 0.2) is 0 Å². The maximum atomic E-state index is 12.4. The summed E-state index contributed by atoms with van der Waals surface area (Å²) in [4.78, 5) is 12.3. The maximum Gasteiger partial charge on any atom is 0.405 e. The molecule has 26 heavy (non-hydrogen) atoms. The van der Waals surface area contributed by atoms with Gasteiger partial charge in [0.05, 0.1) is 11.3 Å². The molecule has 2 aromatic carbocycles. The van der Waals surface area contributed by atoms with Crippen LogP contribution in [0.5, 0.6) is 0 Å². The predicted molar refractivity (Wildman–Crippen MR) is 92.1 cm³/mol. The molecule has 0 spiro atoms. The van der Waals surface area contributed by atoms with Gasteiger partial charge in [-0.25, -0.2) is 4.68 Å². The van der Waals surface area contributed by atoms with Gasteiger partial charge in [-0.2, -0.15) is 18.3 Å². The molecule has 0 aliphatic carbocycles. The Morgan fingerprint density at radius 2 is 1.73 bits per heavy atom. The van der Waals surface area contributed by atoms with Crippen molar-refractivity contribution in [3.05, 3.63) is 71.9 Å². The number of para-hydroxylation sites is 1. The summed E-state index contributed by atoms with van der Waals surface area (Å²) >= 11 is 0. The summed E-state index contributed by atoms with van der Waals surface area (Å²) in [7, 11) is 0. The lowest BCUT2D eigenvalue weighted by molar-refractivity contribution is -0.123. The monoisotopic (exact) mass is 359 g/mol. The highest BCUT2D eigenvalue weighted by molar-refractivity contribution is 6.00. The van der Waals surface area contributed by atoms with Gasteiger partial charge in [0.25, 0.3) is 5.91 Å². The van der Waals surface area contributed by atoms with Gasteiger partial charge in [-0.15, -0.1) is 0 Å². The molecule has 0 aliphatic rings. The van der Waals surface area contributed by atoms with Crippen molar-refractivity contribution in [1.82, 2.24) is 15.1 Å². The van der Waals surface area contributed by atoms with Crippen LogP contribution in [-0.2, 0) is 0 Å². The van der Waals surface area contributed by atoms with Crippen molar-refractivity contribution in [1.29, 1.82) is 0 Å². The molecule has 0 atom stereocenters. The second kappa shape index (κ2) is 7.03. The lowest BCUT2D eigenvalue weighted by atomic mass is 10.1. The van der Waals surface area contributed by atoms with E-state index < -0.39 is 18.6 Å². The Hall–Kier alpha value is -3.09. The third-order valence-corrected chi connectivity index (χ3v) is 3.75. The van der Waals surface area contributed by atoms with E-state index in [0.29, 0.717) is 16.9 Å². The van der Waals surface area contributed by atoms with Crippen molar-refractivity contribution < 1.29 is 18.0 Å². The van der Waals surface area contributed by atoms with Crippen LogP contribution in [0.4, 0.5) is 13.2 Å². The minimum Gasteiger partial charge on any atom is -0.343 e. The summed E-state index contributed by atoms with van der Waals surface area (Å²) in [5.41, 5.74) is 2.80. The molecule has 7 heteroatoms. The average Bonchev–Trinajstić information content (AvgIpc) is 3.06. The Morgan fingerprint density at radius 1 is 1.08 bits per heavy atom. The topological polar surface area (TPSA) is 46.9 Å². The number of carbonyl (C=O) groups excluding carboxylic acids is 1. The molecule has 0 bridgehead atoms. The standard InChI is InChI=1S/C19H16F3N3O/c1-13-7-9-14(10-8-13)17-16(18(26)23-12-19(20,21)22)11-25(24-17)15-5-3-2-4-6-15/h2-11H,12H2,1H3,(H,23,26). The van der Waals surface area contributed by atoms with Crippen LogP contribution in [0, 0.1) is 6.92 Å². The molecule has 1 amide bonds. The molecule has 0 radical (unpaired) electrons. The van der Waals surface area contributed by atoms with E-state index in [1.54, 1.807) is 24.3 Å². The highest BCUT2D eigenvalue weighted by atomic mass is 19.4. The van der Waals surface area contributed by atoms with E-state index in [1.807, 2.05) is 42.6 Å². The minimum absolute atomic E-state index is 0.0851. The van der Waals surface area contributed by atoms with Crippen LogP contribution < -0.4 is 5.32 Å². The van der Waals surface area contributed by atoms with Crippen LogP contribution in [0.1, 0.15) is 15.9 Å². The van der Waals surface area contributed by atoms with E-state index in [-0.39, 0.29) is 5.56 Å². The fraction of sp³-hybridized carbons (Fsp3) is 0.158. The molecule has 4 nitrogen and oxygen atoms in total. The normalized spacial score (nSPS) is 11.4. The van der Waals surface area contributed by atoms with Crippen molar-refractivity contribution >= 4 is 5.91 Å². The van der Waals surface area contributed by atoms with Crippen LogP contribution in [0.3, 0.4) is 0 Å². The number of halogens is 3. The zero-order valence-corrected chi connectivity index (χ0v) is 13.9. The molecule has 134 valence electrons. The fourth-order valence-electron chi connectivity index (χ4n) is 2.45. The molecule has 3 aromatic rings. The Bertz CT molecular complexity index is 900. The maximum absolute atomic E-state index is 12.4. The smallest absolute Gasteiger partial charge is 0.343 e. The van der Waals surface area contributed by atoms with Gasteiger partial charge < -0.3 is 5.32 Å². The van der Waals surface area contributed by atoms with E-state index in [0.717, 1.165) is 5.56 Å². The number of aryl methyl sites for hydroxylation is 1. The van der Waals surface area contributed by atoms with Crippen LogP contribution in [-0.4, -0.2) is 28.4 Å². The Labute approximate surface area is 148 Å². The lowest BCUT2D eigenvalue weighted by Crippen LogP contribution is -2.33. The van der Waals surface area contributed by atoms with E-state index >= 15 is 0 Å². The molecule has 0 unspecified atom stereocenters. The molecular weight excluding hydrogens is 343 g/mol. The number of aromatic nitrogens is 2. The van der Waals surface area contributed by atoms with Gasteiger partial charge in [0, 0.05) is 11.8 Å². The van der Waals surface area contributed by atoms with Crippen molar-refractivity contribution in [3.63, 3.8) is 0 Å². The van der Waals surface area contributed by atoms with Gasteiger partial charge in [-0.1, -0.05) is 48.0 Å². The second-order valence-electron chi connectivity index (χ2n) is 5.84. The van der Waals surface area contributed by atoms with Crippen LogP contribution in [0.15, 0.2) is 60.8 Å². The number of carbonyl (C=O) groups is 1. The summed E-state index contributed by atoms with van der Waals surface area (Å²) in [6.07, 6.45) is -3.04. The van der Waals surface area contributed by atoms with Gasteiger partial charge >= 0.3 is 6.18 Å². The van der Waals surface area contributed by atoms with Gasteiger partial charge in [0.2, 0.25) is 0 Å². The number of hydrogen-bond donors (Lipinski definition) is 1. The third-order valence-electron chi connectivity index (χ3n) is 3.75. The summed E-state index contributed by atoms with van der Waals surface area (Å²) in [6.45, 7) is 0.527. The van der Waals surface area contributed by atoms with Crippen molar-refractivity contribution in [2.75, 3.05) is 6.54 Å². The van der Waals surface area contributed by atoms with Gasteiger partial charge in [-0.05, 0) is 19.1 Å². The van der Waals surface area contributed by atoms with Crippen LogP contribution in [0.2, 0.25) is 0 Å². The number of rotatable bonds is 4. The first-order valence-electron chi connectivity index (χ1n) is 7.90. The molecule has 1 heterocycles. The van der Waals surface area contributed by atoms with Crippen molar-refractivity contribution in [2.45, 2.75) is 13.1 Å². The zero-order valence-electron chi connectivity index (χ0n) is 13.9. The number of nitrogens with one attached hydrogen (secondary N) is 1. The highest BCUT2D eigenvalue weighted by Gasteiger charge is 2.29. The second-order valence-corrected chi connectivity index (χ2v) is 5.84. The Kier molecular flexibility index (Phi) is 4.79. The van der Waals surface area contributed by atoms with E-state index in [9.17, 15) is 18.0 Å². The van der Waals surface area contributed by atoms with Crippen LogP contribution in [0.25, 0.3) is 16.9 Å². The molecular formula is C19H16F3N3O. The summed E-state index contributed by atoms with van der Waals surface area (Å²) in [5, 5.41) is 6.33. The largest absolute Gasteiger partial charge is 0.405 e. The molecule has 0 saturated heterocycles. The lowest BCUT2D eigenvalue weighted by Gasteiger charge is -2.08. The molecule has 3 rings (SSSR count). The highest BCUT2D eigenvalue weighted by Crippen LogP contribution is 2.24. The molecule has 0 fully saturated rings. The quantitative estimate of drug-likeness (QED) is 0.761. The Morgan fingerprint density at radius 3 is 2.35 bits per heavy atom.